The van der Waals surface area contributed by atoms with Crippen molar-refractivity contribution in [1.82, 2.24) is 5.06 Å². The topological polar surface area (TPSA) is 112 Å². The highest BCUT2D eigenvalue weighted by molar-refractivity contribution is 6.01. The quantitative estimate of drug-likeness (QED) is 0.269. The van der Waals surface area contributed by atoms with Crippen LogP contribution in [-0.4, -0.2) is 42.2 Å². The Balaban J connectivity index is 1.34. The molecule has 0 aromatic heterocycles. The first-order chi connectivity index (χ1) is 19.3. The summed E-state index contributed by atoms with van der Waals surface area (Å²) in [5.74, 6) is 6.59. The van der Waals surface area contributed by atoms with Crippen molar-refractivity contribution < 1.29 is 38.5 Å². The van der Waals surface area contributed by atoms with E-state index in [2.05, 4.69) is 11.8 Å². The Morgan fingerprint density at radius 1 is 0.925 bits per heavy atom. The first-order valence-electron chi connectivity index (χ1n) is 12.8. The lowest BCUT2D eigenvalue weighted by atomic mass is 9.78. The molecule has 1 saturated heterocycles. The van der Waals surface area contributed by atoms with Crippen molar-refractivity contribution in [2.75, 3.05) is 14.2 Å². The lowest BCUT2D eigenvalue weighted by Crippen LogP contribution is -2.32. The monoisotopic (exact) mass is 541 g/mol. The third kappa shape index (κ3) is 5.09. The molecule has 1 N–H and O–H groups in total. The summed E-state index contributed by atoms with van der Waals surface area (Å²) in [5.41, 5.74) is 0.959. The van der Waals surface area contributed by atoms with Crippen molar-refractivity contribution in [3.8, 4) is 34.8 Å². The molecular weight excluding hydrogens is 514 g/mol. The third-order valence-electron chi connectivity index (χ3n) is 6.79. The maximum atomic E-state index is 12.2. The first kappa shape index (κ1) is 26.8. The minimum Gasteiger partial charge on any atom is -0.497 e. The standard InChI is InChI=1S/C31H27NO8/c1-37-22-11-9-21(10-12-22)31(36)24-14-8-20(18-26(24)39-27-19-23(38-2)13-15-25(27)31)6-4-3-5-7-30(35)40-32-28(33)16-17-29(32)34/h8-15,18-19,36H,3,5,7,16-17H2,1-2H3. The fourth-order valence-corrected chi connectivity index (χ4v) is 4.69. The van der Waals surface area contributed by atoms with Gasteiger partial charge in [0.2, 0.25) is 0 Å². The molecule has 5 rings (SSSR count). The largest absolute Gasteiger partial charge is 0.497 e. The average molecular weight is 542 g/mol. The van der Waals surface area contributed by atoms with Gasteiger partial charge in [-0.25, -0.2) is 4.79 Å². The molecule has 9 heteroatoms. The average Bonchev–Trinajstić information content (AvgIpc) is 3.28. The summed E-state index contributed by atoms with van der Waals surface area (Å²) in [6.45, 7) is 0. The molecule has 0 spiro atoms. The number of methoxy groups -OCH3 is 2. The van der Waals surface area contributed by atoms with E-state index in [1.54, 1.807) is 62.8 Å². The molecule has 3 aromatic rings. The Morgan fingerprint density at radius 2 is 1.55 bits per heavy atom. The van der Waals surface area contributed by atoms with Gasteiger partial charge in [-0.2, -0.15) is 0 Å². The van der Waals surface area contributed by atoms with Crippen LogP contribution in [0.25, 0.3) is 0 Å². The van der Waals surface area contributed by atoms with Crippen LogP contribution in [-0.2, 0) is 24.8 Å². The van der Waals surface area contributed by atoms with Crippen LogP contribution in [0.3, 0.4) is 0 Å². The number of aliphatic hydroxyl groups is 1. The van der Waals surface area contributed by atoms with E-state index in [-0.39, 0.29) is 19.3 Å². The molecule has 204 valence electrons. The Hall–Kier alpha value is -4.81. The number of carbonyl (C=O) groups excluding carboxylic acids is 3. The fourth-order valence-electron chi connectivity index (χ4n) is 4.69. The van der Waals surface area contributed by atoms with Gasteiger partial charge in [0.1, 0.15) is 28.6 Å². The number of rotatable bonds is 7. The highest BCUT2D eigenvalue weighted by Gasteiger charge is 2.42. The molecule has 2 aliphatic rings. The van der Waals surface area contributed by atoms with E-state index < -0.39 is 23.4 Å². The van der Waals surface area contributed by atoms with Crippen LogP contribution in [0.2, 0.25) is 0 Å². The third-order valence-corrected chi connectivity index (χ3v) is 6.79. The summed E-state index contributed by atoms with van der Waals surface area (Å²) in [7, 11) is 3.15. The van der Waals surface area contributed by atoms with E-state index in [1.165, 1.54) is 0 Å². The predicted molar refractivity (Wildman–Crippen MR) is 143 cm³/mol. The van der Waals surface area contributed by atoms with Crippen LogP contribution in [0.1, 0.15) is 54.4 Å². The van der Waals surface area contributed by atoms with E-state index in [1.807, 2.05) is 12.1 Å². The van der Waals surface area contributed by atoms with Crippen molar-refractivity contribution in [2.45, 2.75) is 37.7 Å². The summed E-state index contributed by atoms with van der Waals surface area (Å²) >= 11 is 0. The molecule has 2 aliphatic heterocycles. The molecule has 1 fully saturated rings. The van der Waals surface area contributed by atoms with Gasteiger partial charge in [0.05, 0.1) is 14.2 Å². The zero-order chi connectivity index (χ0) is 28.3. The lowest BCUT2D eigenvalue weighted by Gasteiger charge is -2.36. The molecule has 1 unspecified atom stereocenters. The van der Waals surface area contributed by atoms with Gasteiger partial charge in [-0.3, -0.25) is 9.59 Å². The Labute approximate surface area is 231 Å². The van der Waals surface area contributed by atoms with Crippen LogP contribution in [0.5, 0.6) is 23.0 Å². The van der Waals surface area contributed by atoms with E-state index in [4.69, 9.17) is 19.0 Å². The van der Waals surface area contributed by atoms with Gasteiger partial charge in [0, 0.05) is 48.4 Å². The Bertz CT molecular complexity index is 1520. The SMILES string of the molecule is COc1ccc(C2(O)c3ccc(C#CCCCC(=O)ON4C(=O)CCC4=O)cc3Oc3cc(OC)ccc32)cc1. The fraction of sp³-hybridized carbons (Fsp3) is 0.258. The second-order valence-electron chi connectivity index (χ2n) is 9.31. The number of unbranched alkanes of at least 4 members (excludes halogenated alkanes) is 1. The number of hydrogen-bond acceptors (Lipinski definition) is 8. The van der Waals surface area contributed by atoms with E-state index in [9.17, 15) is 19.5 Å². The van der Waals surface area contributed by atoms with Crippen molar-refractivity contribution in [3.63, 3.8) is 0 Å². The zero-order valence-electron chi connectivity index (χ0n) is 22.1. The number of fused-ring (bicyclic) bond motifs is 2. The molecule has 1 atom stereocenters. The van der Waals surface area contributed by atoms with Gasteiger partial charge in [0.15, 0.2) is 0 Å². The summed E-state index contributed by atoms with van der Waals surface area (Å²) in [4.78, 5) is 40.0. The number of nitrogens with zero attached hydrogens (tertiary/aromatic N) is 1. The number of benzene rings is 3. The molecule has 9 nitrogen and oxygen atoms in total. The van der Waals surface area contributed by atoms with Crippen LogP contribution in [0.15, 0.2) is 60.7 Å². The number of hydroxylamine groups is 2. The van der Waals surface area contributed by atoms with Crippen molar-refractivity contribution in [1.29, 1.82) is 0 Å². The molecular formula is C31H27NO8. The molecule has 2 heterocycles. The van der Waals surface area contributed by atoms with Crippen molar-refractivity contribution >= 4 is 17.8 Å². The van der Waals surface area contributed by atoms with Gasteiger partial charge >= 0.3 is 5.97 Å². The smallest absolute Gasteiger partial charge is 0.333 e. The summed E-state index contributed by atoms with van der Waals surface area (Å²) in [5, 5.41) is 12.8. The van der Waals surface area contributed by atoms with E-state index in [0.717, 1.165) is 0 Å². The maximum absolute atomic E-state index is 12.2. The van der Waals surface area contributed by atoms with Crippen molar-refractivity contribution in [3.05, 3.63) is 82.9 Å². The molecule has 3 aromatic carbocycles. The van der Waals surface area contributed by atoms with Crippen molar-refractivity contribution in [2.24, 2.45) is 0 Å². The summed E-state index contributed by atoms with van der Waals surface area (Å²) in [6.07, 6.45) is 0.919. The van der Waals surface area contributed by atoms with Gasteiger partial charge in [-0.15, -0.1) is 5.06 Å². The summed E-state index contributed by atoms with van der Waals surface area (Å²) < 4.78 is 16.9. The van der Waals surface area contributed by atoms with Crippen LogP contribution in [0, 0.1) is 11.8 Å². The molecule has 40 heavy (non-hydrogen) atoms. The normalized spacial score (nSPS) is 17.2. The number of imide groups is 1. The molecule has 0 bridgehead atoms. The summed E-state index contributed by atoms with van der Waals surface area (Å²) in [6, 6.07) is 17.9. The number of amides is 2. The highest BCUT2D eigenvalue weighted by Crippen LogP contribution is 2.51. The number of carbonyl (C=O) groups is 3. The Morgan fingerprint density at radius 3 is 2.23 bits per heavy atom. The minimum absolute atomic E-state index is 0.0204. The minimum atomic E-state index is -1.49. The van der Waals surface area contributed by atoms with Crippen LogP contribution >= 0.6 is 0 Å². The van der Waals surface area contributed by atoms with E-state index >= 15 is 0 Å². The number of ether oxygens (including phenoxy) is 3. The van der Waals surface area contributed by atoms with Crippen LogP contribution in [0.4, 0.5) is 0 Å². The van der Waals surface area contributed by atoms with Gasteiger partial charge in [-0.1, -0.05) is 30.0 Å². The lowest BCUT2D eigenvalue weighted by molar-refractivity contribution is -0.197. The maximum Gasteiger partial charge on any atom is 0.333 e. The van der Waals surface area contributed by atoms with Gasteiger partial charge < -0.3 is 24.2 Å². The second kappa shape index (κ2) is 11.1. The van der Waals surface area contributed by atoms with Gasteiger partial charge in [-0.05, 0) is 48.4 Å². The molecule has 0 aliphatic carbocycles. The van der Waals surface area contributed by atoms with E-state index in [0.29, 0.717) is 63.2 Å². The molecule has 0 saturated carbocycles. The second-order valence-corrected chi connectivity index (χ2v) is 9.31. The predicted octanol–water partition coefficient (Wildman–Crippen LogP) is 4.22. The zero-order valence-corrected chi connectivity index (χ0v) is 22.1. The first-order valence-corrected chi connectivity index (χ1v) is 12.8. The number of hydrogen-bond donors (Lipinski definition) is 1. The molecule has 2 amide bonds. The highest BCUT2D eigenvalue weighted by atomic mass is 16.7. The Kier molecular flexibility index (Phi) is 7.45. The molecule has 0 radical (unpaired) electrons. The van der Waals surface area contributed by atoms with Crippen LogP contribution < -0.4 is 14.2 Å². The van der Waals surface area contributed by atoms with Gasteiger partial charge in [0.25, 0.3) is 11.8 Å².